The van der Waals surface area contributed by atoms with E-state index in [2.05, 4.69) is 20.5 Å². The molecule has 0 atom stereocenters. The van der Waals surface area contributed by atoms with E-state index in [1.807, 2.05) is 19.4 Å². The second-order valence-corrected chi connectivity index (χ2v) is 6.58. The molecule has 2 N–H and O–H groups in total. The normalized spacial score (nSPS) is 11.6. The number of halogens is 3. The van der Waals surface area contributed by atoms with Crippen LogP contribution in [0.25, 0.3) is 27.9 Å². The number of hydrogen-bond acceptors (Lipinski definition) is 4. The summed E-state index contributed by atoms with van der Waals surface area (Å²) in [6.07, 6.45) is 4.30. The Balaban J connectivity index is 1.57. The van der Waals surface area contributed by atoms with Crippen molar-refractivity contribution in [2.45, 2.75) is 6.18 Å². The fraction of sp³-hybridized carbons (Fsp3) is 0.158. The van der Waals surface area contributed by atoms with Gasteiger partial charge in [-0.2, -0.15) is 23.4 Å². The zero-order valence-electron chi connectivity index (χ0n) is 15.7. The summed E-state index contributed by atoms with van der Waals surface area (Å²) >= 11 is 0. The number of benzene rings is 1. The van der Waals surface area contributed by atoms with Crippen LogP contribution in [0.3, 0.4) is 0 Å². The average molecular weight is 415 g/mol. The van der Waals surface area contributed by atoms with Crippen LogP contribution in [0.5, 0.6) is 0 Å². The topological polar surface area (TPSA) is 89.1 Å². The number of rotatable bonds is 4. The molecule has 0 spiro atoms. The quantitative estimate of drug-likeness (QED) is 0.534. The molecule has 0 fully saturated rings. The zero-order chi connectivity index (χ0) is 21.3. The SMILES string of the molecule is Cn1cc(-c2cnc3c(-c4cccc(NC(=O)NCC(F)(F)F)c4)cnn3c2)cn1. The standard InChI is InChI=1S/C19H16F3N7O/c1-28-9-14(7-25-28)13-6-23-17-16(8-26-29(17)10-13)12-3-2-4-15(5-12)27-18(30)24-11-19(20,21)22/h2-10H,11H2,1H3,(H2,24,27,30). The van der Waals surface area contributed by atoms with E-state index in [-0.39, 0.29) is 0 Å². The summed E-state index contributed by atoms with van der Waals surface area (Å²) in [7, 11) is 1.83. The van der Waals surface area contributed by atoms with Crippen LogP contribution < -0.4 is 10.6 Å². The molecule has 0 radical (unpaired) electrons. The lowest BCUT2D eigenvalue weighted by Crippen LogP contribution is -2.36. The van der Waals surface area contributed by atoms with E-state index < -0.39 is 18.8 Å². The largest absolute Gasteiger partial charge is 0.405 e. The number of anilines is 1. The molecule has 0 bridgehead atoms. The summed E-state index contributed by atoms with van der Waals surface area (Å²) in [5.41, 5.74) is 4.12. The van der Waals surface area contributed by atoms with Crippen molar-refractivity contribution in [1.29, 1.82) is 0 Å². The fourth-order valence-electron chi connectivity index (χ4n) is 2.92. The Bertz CT molecular complexity index is 1210. The molecule has 0 unspecified atom stereocenters. The molecule has 0 saturated heterocycles. The van der Waals surface area contributed by atoms with Crippen molar-refractivity contribution < 1.29 is 18.0 Å². The number of amides is 2. The first-order chi connectivity index (χ1) is 14.3. The summed E-state index contributed by atoms with van der Waals surface area (Å²) in [5, 5.41) is 12.6. The van der Waals surface area contributed by atoms with E-state index in [0.29, 0.717) is 22.5 Å². The monoisotopic (exact) mass is 415 g/mol. The lowest BCUT2D eigenvalue weighted by molar-refractivity contribution is -0.122. The molecule has 30 heavy (non-hydrogen) atoms. The van der Waals surface area contributed by atoms with Gasteiger partial charge in [0.05, 0.1) is 12.4 Å². The van der Waals surface area contributed by atoms with Gasteiger partial charge in [0.25, 0.3) is 0 Å². The second-order valence-electron chi connectivity index (χ2n) is 6.58. The molecule has 3 heterocycles. The number of aryl methyl sites for hydroxylation is 1. The lowest BCUT2D eigenvalue weighted by atomic mass is 10.1. The van der Waals surface area contributed by atoms with Gasteiger partial charge in [-0.3, -0.25) is 4.68 Å². The molecule has 1 aromatic carbocycles. The first kappa shape index (κ1) is 19.4. The van der Waals surface area contributed by atoms with Crippen LogP contribution in [0.2, 0.25) is 0 Å². The predicted octanol–water partition coefficient (Wildman–Crippen LogP) is 3.48. The molecule has 0 aliphatic carbocycles. The molecule has 8 nitrogen and oxygen atoms in total. The molecule has 0 aliphatic heterocycles. The Hall–Kier alpha value is -3.89. The van der Waals surface area contributed by atoms with Gasteiger partial charge in [0, 0.05) is 48.0 Å². The Morgan fingerprint density at radius 1 is 1.07 bits per heavy atom. The van der Waals surface area contributed by atoms with Crippen LogP contribution in [-0.2, 0) is 7.05 Å². The number of alkyl halides is 3. The molecule has 3 aromatic heterocycles. The fourth-order valence-corrected chi connectivity index (χ4v) is 2.92. The van der Waals surface area contributed by atoms with E-state index in [1.54, 1.807) is 57.4 Å². The van der Waals surface area contributed by atoms with Crippen molar-refractivity contribution in [1.82, 2.24) is 29.7 Å². The van der Waals surface area contributed by atoms with Crippen molar-refractivity contribution in [3.63, 3.8) is 0 Å². The van der Waals surface area contributed by atoms with Crippen molar-refractivity contribution in [3.8, 4) is 22.3 Å². The summed E-state index contributed by atoms with van der Waals surface area (Å²) < 4.78 is 40.0. The van der Waals surface area contributed by atoms with Crippen molar-refractivity contribution in [2.75, 3.05) is 11.9 Å². The smallest absolute Gasteiger partial charge is 0.329 e. The predicted molar refractivity (Wildman–Crippen MR) is 104 cm³/mol. The van der Waals surface area contributed by atoms with Crippen LogP contribution in [0.4, 0.5) is 23.7 Å². The third-order valence-electron chi connectivity index (χ3n) is 4.28. The molecular formula is C19H16F3N7O. The van der Waals surface area contributed by atoms with Crippen LogP contribution in [-0.4, -0.2) is 43.1 Å². The van der Waals surface area contributed by atoms with Gasteiger partial charge in [0.1, 0.15) is 6.54 Å². The zero-order valence-corrected chi connectivity index (χ0v) is 15.7. The molecule has 0 saturated carbocycles. The van der Waals surface area contributed by atoms with Crippen molar-refractivity contribution in [2.24, 2.45) is 7.05 Å². The Kier molecular flexibility index (Phi) is 4.86. The number of nitrogens with one attached hydrogen (secondary N) is 2. The van der Waals surface area contributed by atoms with Gasteiger partial charge in [0.15, 0.2) is 5.65 Å². The minimum atomic E-state index is -4.48. The number of nitrogens with zero attached hydrogens (tertiary/aromatic N) is 5. The molecule has 4 rings (SSSR count). The van der Waals surface area contributed by atoms with E-state index in [1.165, 1.54) is 0 Å². The lowest BCUT2D eigenvalue weighted by Gasteiger charge is -2.10. The third-order valence-corrected chi connectivity index (χ3v) is 4.28. The van der Waals surface area contributed by atoms with Crippen LogP contribution in [0, 0.1) is 0 Å². The van der Waals surface area contributed by atoms with E-state index in [9.17, 15) is 18.0 Å². The van der Waals surface area contributed by atoms with Gasteiger partial charge in [-0.1, -0.05) is 12.1 Å². The number of urea groups is 1. The maximum absolute atomic E-state index is 12.2. The maximum Gasteiger partial charge on any atom is 0.405 e. The van der Waals surface area contributed by atoms with Gasteiger partial charge in [-0.25, -0.2) is 14.3 Å². The second kappa shape index (κ2) is 7.50. The van der Waals surface area contributed by atoms with Gasteiger partial charge in [0.2, 0.25) is 0 Å². The highest BCUT2D eigenvalue weighted by molar-refractivity contribution is 5.90. The Morgan fingerprint density at radius 2 is 1.87 bits per heavy atom. The minimum Gasteiger partial charge on any atom is -0.329 e. The number of carbonyl (C=O) groups is 1. The van der Waals surface area contributed by atoms with Crippen molar-refractivity contribution >= 4 is 17.4 Å². The highest BCUT2D eigenvalue weighted by Gasteiger charge is 2.27. The van der Waals surface area contributed by atoms with Crippen LogP contribution in [0.1, 0.15) is 0 Å². The van der Waals surface area contributed by atoms with Gasteiger partial charge < -0.3 is 10.6 Å². The number of hydrogen-bond donors (Lipinski definition) is 2. The highest BCUT2D eigenvalue weighted by atomic mass is 19.4. The summed E-state index contributed by atoms with van der Waals surface area (Å²) in [6.45, 7) is -1.41. The van der Waals surface area contributed by atoms with Crippen LogP contribution in [0.15, 0.2) is 55.2 Å². The minimum absolute atomic E-state index is 0.346. The molecular weight excluding hydrogens is 399 g/mol. The number of carbonyl (C=O) groups excluding carboxylic acids is 1. The summed E-state index contributed by atoms with van der Waals surface area (Å²) in [5.74, 6) is 0. The molecule has 0 aliphatic rings. The van der Waals surface area contributed by atoms with Gasteiger partial charge in [-0.15, -0.1) is 0 Å². The average Bonchev–Trinajstić information content (AvgIpc) is 3.32. The first-order valence-electron chi connectivity index (χ1n) is 8.83. The summed E-state index contributed by atoms with van der Waals surface area (Å²) in [6, 6.07) is 5.76. The van der Waals surface area contributed by atoms with Gasteiger partial charge >= 0.3 is 12.2 Å². The summed E-state index contributed by atoms with van der Waals surface area (Å²) in [4.78, 5) is 16.2. The third kappa shape index (κ3) is 4.24. The first-order valence-corrected chi connectivity index (χ1v) is 8.83. The maximum atomic E-state index is 12.2. The highest BCUT2D eigenvalue weighted by Crippen LogP contribution is 2.27. The molecule has 11 heteroatoms. The van der Waals surface area contributed by atoms with E-state index >= 15 is 0 Å². The molecule has 4 aromatic rings. The molecule has 154 valence electrons. The number of aromatic nitrogens is 5. The van der Waals surface area contributed by atoms with Crippen molar-refractivity contribution in [3.05, 3.63) is 55.2 Å². The van der Waals surface area contributed by atoms with Gasteiger partial charge in [-0.05, 0) is 17.7 Å². The van der Waals surface area contributed by atoms with Crippen LogP contribution >= 0.6 is 0 Å². The molecule has 2 amide bonds. The Morgan fingerprint density at radius 3 is 2.60 bits per heavy atom. The number of fused-ring (bicyclic) bond motifs is 1. The van der Waals surface area contributed by atoms with E-state index in [4.69, 9.17) is 0 Å². The Labute approximate surface area is 168 Å². The van der Waals surface area contributed by atoms with E-state index in [0.717, 1.165) is 11.1 Å².